The second-order valence-corrected chi connectivity index (χ2v) is 12.3. The van der Waals surface area contributed by atoms with Crippen LogP contribution in [0, 0.1) is 0 Å². The van der Waals surface area contributed by atoms with Gasteiger partial charge in [-0.3, -0.25) is 24.0 Å². The molecule has 2 heterocycles. The van der Waals surface area contributed by atoms with Gasteiger partial charge in [-0.1, -0.05) is 54.1 Å². The molecule has 2 aliphatic heterocycles. The Morgan fingerprint density at radius 1 is 0.958 bits per heavy atom. The molecule has 0 saturated heterocycles. The molecule has 6 rings (SSSR count). The van der Waals surface area contributed by atoms with E-state index in [-0.39, 0.29) is 43.2 Å². The first-order chi connectivity index (χ1) is 23.1. The van der Waals surface area contributed by atoms with Gasteiger partial charge in [-0.25, -0.2) is 0 Å². The third-order valence-corrected chi connectivity index (χ3v) is 8.50. The van der Waals surface area contributed by atoms with Crippen molar-refractivity contribution in [3.05, 3.63) is 94.5 Å². The molecule has 48 heavy (non-hydrogen) atoms. The highest BCUT2D eigenvalue weighted by Gasteiger charge is 2.51. The Hall–Kier alpha value is -5.10. The molecule has 3 aliphatic rings. The van der Waals surface area contributed by atoms with Crippen molar-refractivity contribution >= 4 is 41.1 Å². The van der Waals surface area contributed by atoms with Crippen LogP contribution >= 0.6 is 11.6 Å². The van der Waals surface area contributed by atoms with E-state index in [4.69, 9.17) is 21.1 Å². The standard InChI is InChI=1S/C35H38ClN5O7/c1-21-30(42)39-28(18-22-6-4-3-5-7-22)33(45)41-35(14-15-35)34(46)37-16-17-48-25-11-8-23(9-12-25)19-27(32(44)38-21)40-31(43)26-13-10-24(36)20-29(26)47-2/h3-13,20-21,27-28H,14-19H2,1-2H3,(H,37,46)(H,38,44)(H,39,42)(H,40,43)(H,41,45)/t21-,27-,28+/m0/s1. The second kappa shape index (κ2) is 15.2. The first-order valence-corrected chi connectivity index (χ1v) is 16.1. The monoisotopic (exact) mass is 675 g/mol. The van der Waals surface area contributed by atoms with E-state index in [2.05, 4.69) is 26.6 Å². The molecule has 1 fully saturated rings. The number of rotatable bonds is 5. The fourth-order valence-electron chi connectivity index (χ4n) is 5.35. The summed E-state index contributed by atoms with van der Waals surface area (Å²) < 4.78 is 11.1. The molecule has 3 aromatic carbocycles. The number of carbonyl (C=O) groups is 5. The van der Waals surface area contributed by atoms with Crippen LogP contribution in [0.4, 0.5) is 0 Å². The first kappa shape index (κ1) is 34.2. The molecule has 3 aromatic rings. The zero-order valence-corrected chi connectivity index (χ0v) is 27.4. The quantitative estimate of drug-likeness (QED) is 0.259. The Balaban J connectivity index is 1.40. The Labute approximate surface area is 283 Å². The van der Waals surface area contributed by atoms with E-state index in [1.807, 2.05) is 30.3 Å². The van der Waals surface area contributed by atoms with Gasteiger partial charge in [0.2, 0.25) is 23.6 Å². The maximum absolute atomic E-state index is 13.7. The van der Waals surface area contributed by atoms with E-state index in [1.165, 1.54) is 32.2 Å². The lowest BCUT2D eigenvalue weighted by Gasteiger charge is -2.26. The third-order valence-electron chi connectivity index (χ3n) is 8.26. The summed E-state index contributed by atoms with van der Waals surface area (Å²) in [7, 11) is 1.41. The number of hydrogen-bond donors (Lipinski definition) is 5. The lowest BCUT2D eigenvalue weighted by molar-refractivity contribution is -0.134. The van der Waals surface area contributed by atoms with Crippen LogP contribution in [0.1, 0.15) is 41.3 Å². The van der Waals surface area contributed by atoms with Gasteiger partial charge in [0.15, 0.2) is 0 Å². The van der Waals surface area contributed by atoms with Gasteiger partial charge in [-0.05, 0) is 61.2 Å². The van der Waals surface area contributed by atoms with E-state index in [0.717, 1.165) is 5.56 Å². The minimum Gasteiger partial charge on any atom is -0.496 e. The van der Waals surface area contributed by atoms with Crippen LogP contribution in [-0.2, 0) is 32.0 Å². The maximum Gasteiger partial charge on any atom is 0.255 e. The lowest BCUT2D eigenvalue weighted by atomic mass is 10.0. The van der Waals surface area contributed by atoms with Crippen LogP contribution in [-0.4, -0.2) is 73.5 Å². The predicted octanol–water partition coefficient (Wildman–Crippen LogP) is 2.08. The number of fused-ring (bicyclic) bond motifs is 15. The summed E-state index contributed by atoms with van der Waals surface area (Å²) in [6.07, 6.45) is 1.15. The summed E-state index contributed by atoms with van der Waals surface area (Å²) >= 11 is 6.07. The molecule has 2 bridgehead atoms. The summed E-state index contributed by atoms with van der Waals surface area (Å²) in [5.74, 6) is -1.88. The topological polar surface area (TPSA) is 164 Å². The highest BCUT2D eigenvalue weighted by Crippen LogP contribution is 2.35. The molecule has 0 aromatic heterocycles. The maximum atomic E-state index is 13.7. The van der Waals surface area contributed by atoms with Crippen LogP contribution in [0.25, 0.3) is 0 Å². The van der Waals surface area contributed by atoms with Crippen LogP contribution in [0.3, 0.4) is 0 Å². The molecule has 0 radical (unpaired) electrons. The summed E-state index contributed by atoms with van der Waals surface area (Å²) in [4.78, 5) is 67.2. The molecular formula is C35H38ClN5O7. The van der Waals surface area contributed by atoms with Crippen molar-refractivity contribution in [2.75, 3.05) is 20.3 Å². The summed E-state index contributed by atoms with van der Waals surface area (Å²) in [6.45, 7) is 1.88. The number of benzene rings is 3. The minimum absolute atomic E-state index is 0.0826. The fraction of sp³-hybridized carbons (Fsp3) is 0.343. The number of methoxy groups -OCH3 is 1. The van der Waals surface area contributed by atoms with Crippen molar-refractivity contribution < 1.29 is 33.4 Å². The van der Waals surface area contributed by atoms with Crippen LogP contribution in [0.2, 0.25) is 5.02 Å². The molecule has 1 aliphatic carbocycles. The SMILES string of the molecule is COc1cc(Cl)ccc1C(=O)N[C@H]1Cc2ccc(cc2)OCCNC(=O)C2(CC2)NC(=O)[C@@H](Cc2ccccc2)NC(=O)[C@H](C)NC1=O. The van der Waals surface area contributed by atoms with E-state index in [9.17, 15) is 24.0 Å². The first-order valence-electron chi connectivity index (χ1n) is 15.7. The van der Waals surface area contributed by atoms with Gasteiger partial charge in [0.25, 0.3) is 5.91 Å². The van der Waals surface area contributed by atoms with Crippen molar-refractivity contribution in [1.29, 1.82) is 0 Å². The van der Waals surface area contributed by atoms with Gasteiger partial charge in [0.05, 0.1) is 19.2 Å². The van der Waals surface area contributed by atoms with Crippen molar-refractivity contribution in [3.63, 3.8) is 0 Å². The number of halogens is 1. The van der Waals surface area contributed by atoms with E-state index >= 15 is 0 Å². The Morgan fingerprint density at radius 2 is 1.69 bits per heavy atom. The highest BCUT2D eigenvalue weighted by atomic mass is 35.5. The number of carbonyl (C=O) groups excluding carboxylic acids is 5. The zero-order valence-electron chi connectivity index (χ0n) is 26.6. The summed E-state index contributed by atoms with van der Waals surface area (Å²) in [5.41, 5.74) is 0.602. The van der Waals surface area contributed by atoms with Gasteiger partial charge >= 0.3 is 0 Å². The number of nitrogens with one attached hydrogen (secondary N) is 5. The Kier molecular flexibility index (Phi) is 10.8. The van der Waals surface area contributed by atoms with E-state index in [1.54, 1.807) is 24.3 Å². The number of ether oxygens (including phenoxy) is 2. The van der Waals surface area contributed by atoms with Gasteiger partial charge in [0, 0.05) is 17.9 Å². The smallest absolute Gasteiger partial charge is 0.255 e. The third kappa shape index (κ3) is 8.62. The van der Waals surface area contributed by atoms with Crippen molar-refractivity contribution in [3.8, 4) is 11.5 Å². The summed E-state index contributed by atoms with van der Waals surface area (Å²) in [6, 6.07) is 17.4. The van der Waals surface area contributed by atoms with Gasteiger partial charge < -0.3 is 36.1 Å². The van der Waals surface area contributed by atoms with E-state index in [0.29, 0.717) is 29.2 Å². The van der Waals surface area contributed by atoms with Gasteiger partial charge in [-0.2, -0.15) is 0 Å². The second-order valence-electron chi connectivity index (χ2n) is 11.9. The predicted molar refractivity (Wildman–Crippen MR) is 178 cm³/mol. The largest absolute Gasteiger partial charge is 0.496 e. The summed E-state index contributed by atoms with van der Waals surface area (Å²) in [5, 5.41) is 14.3. The highest BCUT2D eigenvalue weighted by molar-refractivity contribution is 6.30. The molecule has 13 heteroatoms. The van der Waals surface area contributed by atoms with Crippen molar-refractivity contribution in [2.24, 2.45) is 0 Å². The van der Waals surface area contributed by atoms with Crippen LogP contribution in [0.5, 0.6) is 11.5 Å². The molecule has 5 N–H and O–H groups in total. The molecule has 1 saturated carbocycles. The van der Waals surface area contributed by atoms with Gasteiger partial charge in [0.1, 0.15) is 41.8 Å². The molecule has 1 spiro atoms. The molecular weight excluding hydrogens is 638 g/mol. The van der Waals surface area contributed by atoms with Crippen LogP contribution in [0.15, 0.2) is 72.8 Å². The molecule has 3 atom stereocenters. The van der Waals surface area contributed by atoms with Crippen molar-refractivity contribution in [1.82, 2.24) is 26.6 Å². The zero-order chi connectivity index (χ0) is 34.3. The number of hydrogen-bond acceptors (Lipinski definition) is 7. The molecule has 252 valence electrons. The fourth-order valence-corrected chi connectivity index (χ4v) is 5.51. The lowest BCUT2D eigenvalue weighted by Crippen LogP contribution is -2.59. The Bertz CT molecular complexity index is 1660. The Morgan fingerprint density at radius 3 is 2.38 bits per heavy atom. The van der Waals surface area contributed by atoms with E-state index < -0.39 is 47.3 Å². The normalized spacial score (nSPS) is 21.5. The van der Waals surface area contributed by atoms with Crippen LogP contribution < -0.4 is 36.1 Å². The van der Waals surface area contributed by atoms with Gasteiger partial charge in [-0.15, -0.1) is 0 Å². The average Bonchev–Trinajstić information content (AvgIpc) is 3.87. The molecule has 5 amide bonds. The molecule has 0 unspecified atom stereocenters. The number of amides is 5. The van der Waals surface area contributed by atoms with Crippen molar-refractivity contribution in [2.45, 2.75) is 56.3 Å². The molecule has 12 nitrogen and oxygen atoms in total. The minimum atomic E-state index is -1.10. The average molecular weight is 676 g/mol.